The third-order valence-electron chi connectivity index (χ3n) is 3.53. The SMILES string of the molecule is CCN(C(=S)Oc1ccc2ccccc2c1)c1ccccc1. The lowest BCUT2D eigenvalue weighted by atomic mass is 10.1. The third-order valence-corrected chi connectivity index (χ3v) is 3.83. The van der Waals surface area contributed by atoms with E-state index in [1.807, 2.05) is 65.6 Å². The van der Waals surface area contributed by atoms with E-state index < -0.39 is 0 Å². The smallest absolute Gasteiger partial charge is 0.269 e. The van der Waals surface area contributed by atoms with Crippen molar-refractivity contribution in [1.82, 2.24) is 0 Å². The highest BCUT2D eigenvalue weighted by atomic mass is 32.1. The number of ether oxygens (including phenoxy) is 1. The predicted molar refractivity (Wildman–Crippen MR) is 96.6 cm³/mol. The number of para-hydroxylation sites is 1. The van der Waals surface area contributed by atoms with E-state index in [0.29, 0.717) is 5.17 Å². The van der Waals surface area contributed by atoms with Gasteiger partial charge in [0.15, 0.2) is 0 Å². The first-order valence-electron chi connectivity index (χ1n) is 7.31. The van der Waals surface area contributed by atoms with E-state index in [1.54, 1.807) is 0 Å². The Balaban J connectivity index is 1.82. The van der Waals surface area contributed by atoms with E-state index in [-0.39, 0.29) is 0 Å². The van der Waals surface area contributed by atoms with Crippen molar-refractivity contribution in [3.8, 4) is 5.75 Å². The Morgan fingerprint density at radius 2 is 1.59 bits per heavy atom. The molecule has 0 saturated heterocycles. The summed E-state index contributed by atoms with van der Waals surface area (Å²) in [6.45, 7) is 2.82. The van der Waals surface area contributed by atoms with Crippen LogP contribution < -0.4 is 9.64 Å². The third kappa shape index (κ3) is 3.10. The van der Waals surface area contributed by atoms with Crippen molar-refractivity contribution in [2.45, 2.75) is 6.92 Å². The van der Waals surface area contributed by atoms with E-state index in [9.17, 15) is 0 Å². The zero-order valence-electron chi connectivity index (χ0n) is 12.4. The lowest BCUT2D eigenvalue weighted by Crippen LogP contribution is -2.33. The number of hydrogen-bond donors (Lipinski definition) is 0. The molecule has 22 heavy (non-hydrogen) atoms. The lowest BCUT2D eigenvalue weighted by molar-refractivity contribution is 0.549. The maximum Gasteiger partial charge on any atom is 0.269 e. The Hall–Kier alpha value is -2.39. The molecule has 0 atom stereocenters. The number of thiocarbonyl (C=S) groups is 1. The monoisotopic (exact) mass is 307 g/mol. The molecule has 0 bridgehead atoms. The quantitative estimate of drug-likeness (QED) is 0.630. The number of benzene rings is 3. The van der Waals surface area contributed by atoms with Crippen molar-refractivity contribution >= 4 is 33.9 Å². The fourth-order valence-electron chi connectivity index (χ4n) is 2.41. The van der Waals surface area contributed by atoms with E-state index >= 15 is 0 Å². The van der Waals surface area contributed by atoms with Gasteiger partial charge in [-0.1, -0.05) is 48.5 Å². The topological polar surface area (TPSA) is 12.5 Å². The van der Waals surface area contributed by atoms with E-state index in [1.165, 1.54) is 5.39 Å². The van der Waals surface area contributed by atoms with Gasteiger partial charge >= 0.3 is 0 Å². The second-order valence-electron chi connectivity index (χ2n) is 4.96. The van der Waals surface area contributed by atoms with Gasteiger partial charge in [0, 0.05) is 12.2 Å². The van der Waals surface area contributed by atoms with Crippen LogP contribution in [0.5, 0.6) is 5.75 Å². The van der Waals surface area contributed by atoms with Gasteiger partial charge in [-0.05, 0) is 54.2 Å². The van der Waals surface area contributed by atoms with Gasteiger partial charge in [-0.15, -0.1) is 0 Å². The second-order valence-corrected chi connectivity index (χ2v) is 5.31. The van der Waals surface area contributed by atoms with Crippen molar-refractivity contribution in [1.29, 1.82) is 0 Å². The first-order chi connectivity index (χ1) is 10.8. The summed E-state index contributed by atoms with van der Waals surface area (Å²) in [4.78, 5) is 1.98. The van der Waals surface area contributed by atoms with Crippen LogP contribution in [0.2, 0.25) is 0 Å². The molecule has 0 spiro atoms. The number of fused-ring (bicyclic) bond motifs is 1. The summed E-state index contributed by atoms with van der Waals surface area (Å²) in [5.74, 6) is 0.762. The Labute approximate surface area is 135 Å². The molecule has 0 amide bonds. The fraction of sp³-hybridized carbons (Fsp3) is 0.105. The first kappa shape index (κ1) is 14.5. The average Bonchev–Trinajstić information content (AvgIpc) is 2.56. The fourth-order valence-corrected chi connectivity index (χ4v) is 2.74. The molecular formula is C19H17NOS. The molecule has 3 aromatic rings. The van der Waals surface area contributed by atoms with Gasteiger partial charge in [-0.3, -0.25) is 0 Å². The molecule has 3 aromatic carbocycles. The number of hydrogen-bond acceptors (Lipinski definition) is 2. The van der Waals surface area contributed by atoms with Gasteiger partial charge in [-0.25, -0.2) is 0 Å². The van der Waals surface area contributed by atoms with Crippen molar-refractivity contribution < 1.29 is 4.74 Å². The number of rotatable bonds is 3. The highest BCUT2D eigenvalue weighted by molar-refractivity contribution is 7.80. The maximum absolute atomic E-state index is 5.89. The van der Waals surface area contributed by atoms with Crippen LogP contribution in [-0.2, 0) is 0 Å². The molecule has 0 unspecified atom stereocenters. The van der Waals surface area contributed by atoms with Crippen LogP contribution in [0.15, 0.2) is 72.8 Å². The highest BCUT2D eigenvalue weighted by Gasteiger charge is 2.12. The van der Waals surface area contributed by atoms with Gasteiger partial charge in [-0.2, -0.15) is 0 Å². The van der Waals surface area contributed by atoms with Crippen LogP contribution in [0.3, 0.4) is 0 Å². The van der Waals surface area contributed by atoms with Crippen molar-refractivity contribution in [2.75, 3.05) is 11.4 Å². The van der Waals surface area contributed by atoms with Gasteiger partial charge in [0.05, 0.1) is 0 Å². The molecule has 2 nitrogen and oxygen atoms in total. The molecule has 0 aliphatic rings. The molecule has 3 rings (SSSR count). The largest absolute Gasteiger partial charge is 0.432 e. The molecule has 0 heterocycles. The molecule has 0 aromatic heterocycles. The van der Waals surface area contributed by atoms with Crippen LogP contribution in [0, 0.1) is 0 Å². The molecule has 0 aliphatic heterocycles. The zero-order valence-corrected chi connectivity index (χ0v) is 13.2. The predicted octanol–water partition coefficient (Wildman–Crippen LogP) is 5.03. The van der Waals surface area contributed by atoms with Gasteiger partial charge < -0.3 is 9.64 Å². The van der Waals surface area contributed by atoms with Crippen LogP contribution >= 0.6 is 12.2 Å². The summed E-state index contributed by atoms with van der Waals surface area (Å²) in [6, 6.07) is 24.3. The van der Waals surface area contributed by atoms with Crippen LogP contribution in [-0.4, -0.2) is 11.7 Å². The molecular weight excluding hydrogens is 290 g/mol. The van der Waals surface area contributed by atoms with Crippen molar-refractivity contribution in [3.05, 3.63) is 72.8 Å². The minimum Gasteiger partial charge on any atom is -0.432 e. The summed E-state index contributed by atoms with van der Waals surface area (Å²) < 4.78 is 5.89. The molecule has 0 saturated carbocycles. The Morgan fingerprint density at radius 1 is 0.909 bits per heavy atom. The van der Waals surface area contributed by atoms with E-state index in [2.05, 4.69) is 19.1 Å². The average molecular weight is 307 g/mol. The summed E-state index contributed by atoms with van der Waals surface area (Å²) in [7, 11) is 0. The molecule has 0 N–H and O–H groups in total. The molecule has 0 fully saturated rings. The second kappa shape index (κ2) is 6.58. The van der Waals surface area contributed by atoms with Gasteiger partial charge in [0.1, 0.15) is 5.75 Å². The Morgan fingerprint density at radius 3 is 2.32 bits per heavy atom. The van der Waals surface area contributed by atoms with E-state index in [4.69, 9.17) is 17.0 Å². The lowest BCUT2D eigenvalue weighted by Gasteiger charge is -2.23. The van der Waals surface area contributed by atoms with Crippen LogP contribution in [0.4, 0.5) is 5.69 Å². The minimum atomic E-state index is 0.462. The van der Waals surface area contributed by atoms with Gasteiger partial charge in [0.25, 0.3) is 5.17 Å². The first-order valence-corrected chi connectivity index (χ1v) is 7.72. The minimum absolute atomic E-state index is 0.462. The van der Waals surface area contributed by atoms with E-state index in [0.717, 1.165) is 23.4 Å². The Bertz CT molecular complexity index is 786. The van der Waals surface area contributed by atoms with Crippen molar-refractivity contribution in [3.63, 3.8) is 0 Å². The van der Waals surface area contributed by atoms with Crippen LogP contribution in [0.25, 0.3) is 10.8 Å². The Kier molecular flexibility index (Phi) is 4.35. The van der Waals surface area contributed by atoms with Crippen LogP contribution in [0.1, 0.15) is 6.92 Å². The van der Waals surface area contributed by atoms with Gasteiger partial charge in [0.2, 0.25) is 0 Å². The summed E-state index contributed by atoms with van der Waals surface area (Å²) in [5.41, 5.74) is 1.04. The molecule has 110 valence electrons. The highest BCUT2D eigenvalue weighted by Crippen LogP contribution is 2.22. The normalized spacial score (nSPS) is 10.4. The summed E-state index contributed by atoms with van der Waals surface area (Å²) in [5, 5.41) is 2.80. The standard InChI is InChI=1S/C19H17NOS/c1-2-20(17-10-4-3-5-11-17)19(22)21-18-13-12-15-8-6-7-9-16(15)14-18/h3-14H,2H2,1H3. The zero-order chi connectivity index (χ0) is 15.4. The molecule has 3 heteroatoms. The summed E-state index contributed by atoms with van der Waals surface area (Å²) in [6.07, 6.45) is 0. The summed E-state index contributed by atoms with van der Waals surface area (Å²) >= 11 is 5.47. The molecule has 0 aliphatic carbocycles. The molecule has 0 radical (unpaired) electrons. The number of nitrogens with zero attached hydrogens (tertiary/aromatic N) is 1. The van der Waals surface area contributed by atoms with Crippen molar-refractivity contribution in [2.24, 2.45) is 0 Å². The maximum atomic E-state index is 5.89. The number of anilines is 1.